The van der Waals surface area contributed by atoms with Crippen molar-refractivity contribution >= 4 is 29.1 Å². The molecule has 1 atom stereocenters. The Balaban J connectivity index is 2.24. The van der Waals surface area contributed by atoms with Crippen LogP contribution in [0.4, 0.5) is 0 Å². The van der Waals surface area contributed by atoms with Crippen LogP contribution in [-0.4, -0.2) is 29.0 Å². The maximum absolute atomic E-state index is 9.37. The summed E-state index contributed by atoms with van der Waals surface area (Å²) in [6.07, 6.45) is 7.71. The number of thioether (sulfide) groups is 1. The van der Waals surface area contributed by atoms with Gasteiger partial charge < -0.3 is 15.0 Å². The number of unbranched alkanes of at least 4 members (excludes halogenated alkanes) is 2. The summed E-state index contributed by atoms with van der Waals surface area (Å²) >= 11 is 7.91. The van der Waals surface area contributed by atoms with Crippen LogP contribution >= 0.6 is 23.4 Å². The Labute approximate surface area is 164 Å². The van der Waals surface area contributed by atoms with Gasteiger partial charge in [0, 0.05) is 4.90 Å². The number of hydrogen-bond donors (Lipinski definition) is 0. The first-order valence-corrected chi connectivity index (χ1v) is 10.3. The zero-order valence-electron chi connectivity index (χ0n) is 15.3. The van der Waals surface area contributed by atoms with E-state index in [1.54, 1.807) is 17.8 Å². The number of allylic oxidation sites excluding steroid dienone is 1. The minimum atomic E-state index is -0.0890. The Morgan fingerprint density at radius 2 is 1.81 bits per heavy atom. The number of benzene rings is 1. The topological polar surface area (TPSA) is 54.9 Å². The van der Waals surface area contributed by atoms with Crippen LogP contribution in [-0.2, 0) is 9.47 Å². The third kappa shape index (κ3) is 5.94. The van der Waals surface area contributed by atoms with Crippen LogP contribution in [0.25, 0.3) is 5.53 Å². The molecule has 1 aliphatic carbocycles. The summed E-state index contributed by atoms with van der Waals surface area (Å²) in [5.74, 6) is 1.33. The fourth-order valence-corrected chi connectivity index (χ4v) is 3.67. The van der Waals surface area contributed by atoms with E-state index < -0.39 is 0 Å². The second-order valence-electron chi connectivity index (χ2n) is 5.94. The third-order valence-corrected chi connectivity index (χ3v) is 5.51. The normalized spacial score (nSPS) is 16.6. The van der Waals surface area contributed by atoms with Crippen molar-refractivity contribution < 1.29 is 14.3 Å². The lowest BCUT2D eigenvalue weighted by atomic mass is 10.1. The van der Waals surface area contributed by atoms with Crippen molar-refractivity contribution in [2.75, 3.05) is 13.2 Å². The van der Waals surface area contributed by atoms with Crippen molar-refractivity contribution in [3.05, 3.63) is 58.5 Å². The van der Waals surface area contributed by atoms with E-state index >= 15 is 0 Å². The summed E-state index contributed by atoms with van der Waals surface area (Å²) in [7, 11) is 0. The van der Waals surface area contributed by atoms with E-state index in [1.165, 1.54) is 0 Å². The lowest BCUT2D eigenvalue weighted by Crippen LogP contribution is -2.20. The molecule has 0 aromatic heterocycles. The van der Waals surface area contributed by atoms with Crippen molar-refractivity contribution in [1.29, 1.82) is 0 Å². The van der Waals surface area contributed by atoms with Gasteiger partial charge in [0.15, 0.2) is 0 Å². The van der Waals surface area contributed by atoms with Gasteiger partial charge in [-0.05, 0) is 31.1 Å². The summed E-state index contributed by atoms with van der Waals surface area (Å²) in [6, 6.07) is 7.73. The molecular weight excluding hydrogens is 368 g/mol. The predicted molar refractivity (Wildman–Crippen MR) is 108 cm³/mol. The van der Waals surface area contributed by atoms with Gasteiger partial charge in [-0.25, -0.2) is 0 Å². The van der Waals surface area contributed by atoms with Crippen LogP contribution in [0.5, 0.6) is 0 Å². The van der Waals surface area contributed by atoms with Gasteiger partial charge in [-0.2, -0.15) is 4.79 Å². The maximum atomic E-state index is 9.37. The van der Waals surface area contributed by atoms with Gasteiger partial charge in [0.1, 0.15) is 5.76 Å². The number of rotatable bonds is 10. The number of ether oxygens (including phenoxy) is 2. The largest absolute Gasteiger partial charge is 0.496 e. The number of hydrogen-bond acceptors (Lipinski definition) is 3. The molecule has 0 aliphatic heterocycles. The summed E-state index contributed by atoms with van der Waals surface area (Å²) in [4.78, 5) is 4.35. The molecule has 6 heteroatoms. The molecule has 0 heterocycles. The van der Waals surface area contributed by atoms with Crippen molar-refractivity contribution in [3.63, 3.8) is 0 Å². The van der Waals surface area contributed by atoms with Gasteiger partial charge >= 0.3 is 5.71 Å². The molecule has 1 aromatic rings. The highest BCUT2D eigenvalue weighted by molar-refractivity contribution is 8.00. The molecule has 0 N–H and O–H groups in total. The van der Waals surface area contributed by atoms with E-state index in [0.29, 0.717) is 29.7 Å². The fourth-order valence-electron chi connectivity index (χ4n) is 2.35. The third-order valence-electron chi connectivity index (χ3n) is 3.83. The summed E-state index contributed by atoms with van der Waals surface area (Å²) < 4.78 is 11.8. The summed E-state index contributed by atoms with van der Waals surface area (Å²) in [5, 5.41) is 0.614. The number of halogens is 1. The molecule has 0 saturated heterocycles. The van der Waals surface area contributed by atoms with Crippen LogP contribution in [0.3, 0.4) is 0 Å². The molecule has 140 valence electrons. The van der Waals surface area contributed by atoms with Crippen molar-refractivity contribution in [3.8, 4) is 0 Å². The van der Waals surface area contributed by atoms with E-state index in [2.05, 4.69) is 18.6 Å². The maximum Gasteiger partial charge on any atom is 0.359 e. The molecule has 1 unspecified atom stereocenters. The summed E-state index contributed by atoms with van der Waals surface area (Å²) in [5.41, 5.74) is 9.76. The van der Waals surface area contributed by atoms with E-state index in [9.17, 15) is 5.53 Å². The summed E-state index contributed by atoms with van der Waals surface area (Å²) in [6.45, 7) is 5.44. The quantitative estimate of drug-likeness (QED) is 0.283. The zero-order chi connectivity index (χ0) is 18.8. The highest BCUT2D eigenvalue weighted by Gasteiger charge is 2.29. The van der Waals surface area contributed by atoms with E-state index in [4.69, 9.17) is 21.1 Å². The Kier molecular flexibility index (Phi) is 8.82. The lowest BCUT2D eigenvalue weighted by Gasteiger charge is -2.22. The molecule has 0 amide bonds. The van der Waals surface area contributed by atoms with E-state index in [-0.39, 0.29) is 5.25 Å². The Bertz CT molecular complexity index is 712. The first kappa shape index (κ1) is 20.6. The SMILES string of the molecule is CCCCOC1=CC(Sc2ccccc2Cl)C(OCCCC)=CC1=[N+]=[N-]. The van der Waals surface area contributed by atoms with Crippen LogP contribution in [0.2, 0.25) is 5.02 Å². The van der Waals surface area contributed by atoms with Gasteiger partial charge in [-0.1, -0.05) is 50.4 Å². The molecular formula is C20H25ClN2O2S. The highest BCUT2D eigenvalue weighted by Crippen LogP contribution is 2.36. The second-order valence-corrected chi connectivity index (χ2v) is 7.53. The smallest absolute Gasteiger partial charge is 0.359 e. The first-order chi connectivity index (χ1) is 12.7. The average molecular weight is 393 g/mol. The molecule has 2 rings (SSSR count). The molecule has 0 radical (unpaired) electrons. The highest BCUT2D eigenvalue weighted by atomic mass is 35.5. The monoisotopic (exact) mass is 392 g/mol. The molecule has 26 heavy (non-hydrogen) atoms. The molecule has 4 nitrogen and oxygen atoms in total. The van der Waals surface area contributed by atoms with Crippen LogP contribution < -0.4 is 0 Å². The van der Waals surface area contributed by atoms with Crippen LogP contribution in [0, 0.1) is 0 Å². The van der Waals surface area contributed by atoms with E-state index in [1.807, 2.05) is 30.3 Å². The van der Waals surface area contributed by atoms with Gasteiger partial charge in [-0.3, -0.25) is 0 Å². The van der Waals surface area contributed by atoms with Crippen LogP contribution in [0.15, 0.2) is 52.8 Å². The van der Waals surface area contributed by atoms with Gasteiger partial charge in [0.2, 0.25) is 5.76 Å². The molecule has 0 spiro atoms. The van der Waals surface area contributed by atoms with Crippen molar-refractivity contribution in [2.45, 2.75) is 49.7 Å². The van der Waals surface area contributed by atoms with E-state index in [0.717, 1.165) is 36.3 Å². The minimum Gasteiger partial charge on any atom is -0.496 e. The lowest BCUT2D eigenvalue weighted by molar-refractivity contribution is -0.00859. The van der Waals surface area contributed by atoms with Crippen LogP contribution in [0.1, 0.15) is 39.5 Å². The Hall–Kier alpha value is -1.68. The second kappa shape index (κ2) is 11.1. The van der Waals surface area contributed by atoms with Crippen molar-refractivity contribution in [1.82, 2.24) is 0 Å². The number of nitrogens with zero attached hydrogens (tertiary/aromatic N) is 2. The van der Waals surface area contributed by atoms with Gasteiger partial charge in [-0.15, -0.1) is 11.8 Å². The Morgan fingerprint density at radius 1 is 1.12 bits per heavy atom. The first-order valence-electron chi connectivity index (χ1n) is 9.02. The molecule has 0 saturated carbocycles. The predicted octanol–water partition coefficient (Wildman–Crippen LogP) is 5.89. The molecule has 0 bridgehead atoms. The molecule has 1 aliphatic rings. The standard InChI is InChI=1S/C20H25ClN2O2S/c1-3-5-11-24-17-14-20(26-19-10-8-7-9-15(19)21)18(13-16(17)23-22)25-12-6-4-2/h7-10,13-14,20H,3-6,11-12H2,1-2H3. The van der Waals surface area contributed by atoms with Gasteiger partial charge in [0.25, 0.3) is 0 Å². The fraction of sp³-hybridized carbons (Fsp3) is 0.450. The zero-order valence-corrected chi connectivity index (χ0v) is 16.9. The molecule has 0 fully saturated rings. The van der Waals surface area contributed by atoms with Crippen molar-refractivity contribution in [2.24, 2.45) is 0 Å². The average Bonchev–Trinajstić information content (AvgIpc) is 2.65. The molecule has 1 aromatic carbocycles. The van der Waals surface area contributed by atoms with Gasteiger partial charge in [0.05, 0.1) is 29.6 Å². The minimum absolute atomic E-state index is 0.0890. The Morgan fingerprint density at radius 3 is 2.46 bits per heavy atom.